The number of Topliss-reactive ketones (excluding diaryl/α,β-unsaturated/α-hetero) is 1. The zero-order valence-corrected chi connectivity index (χ0v) is 49.7. The minimum absolute atomic E-state index is 0. The van der Waals surface area contributed by atoms with Gasteiger partial charge in [0.2, 0.25) is 5.91 Å². The molecular formula is C61H99BrLiNO6S2. The number of carbonyl (C=O) groups is 2. The third-order valence-corrected chi connectivity index (χ3v) is 23.4. The standard InChI is InChI=1S/C25H36O2S.C22H37NO3.C5H5BrS.C4H8O.C4H9.CH4.Li/c1-15-10-13-28-23(15)22(26)21-7-6-20-19-5-4-16-14-24(2,27)11-8-17(16)18(19)9-12-25(20,21)3;1-21(25)11-9-15-14(13-21)5-6-17-16(15)10-12-22(2)18(17)7-8-19(22)20(24)23(3)26-4;1-4-2-3-7-5(4)6;1-2-4-5-3-1;1-4(2)3;;/h10,13,16-21,27H,4-9,11-12,14H2,1-3H3;14-19,25H,5-13H2,1-4H3;2-3H,1H3;1-4H2;1-3H3;1H4;/q;;;;-1;;+1/t16-,17+,18-,19-,20+,21-,24-,25+;14-,15+,16-,17-,18+,19-,21-,22+;;;;;/m11...../s1. The van der Waals surface area contributed by atoms with Crippen LogP contribution in [-0.4, -0.2) is 65.5 Å². The Morgan fingerprint density at radius 1 is 0.667 bits per heavy atom. The number of fused-ring (bicyclic) bond motifs is 10. The minimum atomic E-state index is -0.438. The predicted molar refractivity (Wildman–Crippen MR) is 299 cm³/mol. The van der Waals surface area contributed by atoms with Gasteiger partial charge in [0.05, 0.1) is 27.0 Å². The maximum Gasteiger partial charge on any atom is 1.00 e. The Bertz CT molecular complexity index is 1990. The first kappa shape index (κ1) is 62.3. The molecule has 8 saturated carbocycles. The topological polar surface area (TPSA) is 96.3 Å². The fourth-order valence-corrected chi connectivity index (χ4v) is 19.0. The average Bonchev–Trinajstić information content (AvgIpc) is 4.18. The number of hydrogen-bond donors (Lipinski definition) is 2. The van der Waals surface area contributed by atoms with Crippen LogP contribution in [0.2, 0.25) is 0 Å². The molecule has 11 heteroatoms. The maximum absolute atomic E-state index is 13.4. The molecule has 8 aliphatic carbocycles. The Hall–Kier alpha value is -0.543. The summed E-state index contributed by atoms with van der Waals surface area (Å²) < 4.78 is 6.19. The number of aliphatic hydroxyl groups is 2. The molecule has 3 heterocycles. The second-order valence-corrected chi connectivity index (χ2v) is 28.9. The molecule has 0 unspecified atom stereocenters. The Morgan fingerprint density at radius 3 is 1.50 bits per heavy atom. The van der Waals surface area contributed by atoms with Crippen molar-refractivity contribution >= 4 is 50.3 Å². The molecule has 1 saturated heterocycles. The number of carbonyl (C=O) groups excluding carboxylic acids is 2. The van der Waals surface area contributed by atoms with Crippen molar-refractivity contribution in [2.75, 3.05) is 27.4 Å². The normalized spacial score (nSPS) is 39.9. The molecule has 1 amide bonds. The van der Waals surface area contributed by atoms with E-state index in [-0.39, 0.29) is 54.9 Å². The van der Waals surface area contributed by atoms with Crippen LogP contribution in [0.15, 0.2) is 26.7 Å². The zero-order chi connectivity index (χ0) is 50.8. The molecule has 0 radical (unpaired) electrons. The van der Waals surface area contributed by atoms with Crippen LogP contribution in [0.25, 0.3) is 0 Å². The van der Waals surface area contributed by atoms with Gasteiger partial charge < -0.3 is 20.9 Å². The van der Waals surface area contributed by atoms with Crippen molar-refractivity contribution in [2.24, 2.45) is 81.8 Å². The SMILES string of the molecule is C.C1CCOC1.CON(C)C(=O)[C@H]1CC[C@H]2[C@@H]3CC[C@@H]4C[C@](C)(O)CC[C@@H]4[C@H]3CC[C@]12C.C[C-](C)C.Cc1ccsc1Br.Cc1ccsc1C(=O)[C@H]1CC[C@H]2[C@@H]3CC[C@@H]4C[C@](C)(O)CC[C@@H]4[C@H]3CC[C@]12C.[Li+]. The van der Waals surface area contributed by atoms with Crippen molar-refractivity contribution < 1.29 is 48.2 Å². The number of hydroxylamine groups is 2. The number of amides is 1. The van der Waals surface area contributed by atoms with Gasteiger partial charge in [-0.3, -0.25) is 14.4 Å². The average molecular weight is 1090 g/mol. The first-order valence-corrected chi connectivity index (χ1v) is 30.5. The van der Waals surface area contributed by atoms with Crippen molar-refractivity contribution in [3.63, 3.8) is 0 Å². The van der Waals surface area contributed by atoms with Gasteiger partial charge in [0.25, 0.3) is 0 Å². The quantitative estimate of drug-likeness (QED) is 0.137. The van der Waals surface area contributed by atoms with Crippen LogP contribution in [0.5, 0.6) is 0 Å². The molecule has 0 aromatic carbocycles. The molecule has 0 spiro atoms. The molecule has 2 aromatic heterocycles. The second-order valence-electron chi connectivity index (χ2n) is 25.7. The number of halogens is 1. The molecular weight excluding hydrogens is 994 g/mol. The smallest absolute Gasteiger partial charge is 0.390 e. The van der Waals surface area contributed by atoms with Crippen molar-refractivity contribution in [1.29, 1.82) is 0 Å². The molecule has 2 N–H and O–H groups in total. The summed E-state index contributed by atoms with van der Waals surface area (Å²) in [7, 11) is 3.34. The number of rotatable bonds is 4. The molecule has 1 aliphatic heterocycles. The van der Waals surface area contributed by atoms with E-state index in [0.717, 1.165) is 110 Å². The summed E-state index contributed by atoms with van der Waals surface area (Å²) in [5.41, 5.74) is 1.99. The molecule has 9 aliphatic rings. The van der Waals surface area contributed by atoms with Crippen LogP contribution in [-0.2, 0) is 14.4 Å². The Balaban J connectivity index is 0.000000201. The van der Waals surface area contributed by atoms with Crippen LogP contribution in [0.3, 0.4) is 0 Å². The summed E-state index contributed by atoms with van der Waals surface area (Å²) in [5, 5.41) is 26.7. The molecule has 0 bridgehead atoms. The van der Waals surface area contributed by atoms with E-state index < -0.39 is 11.2 Å². The van der Waals surface area contributed by atoms with E-state index in [0.29, 0.717) is 11.7 Å². The number of ketones is 1. The molecule has 2 aromatic rings. The van der Waals surface area contributed by atoms with Crippen LogP contribution in [0.1, 0.15) is 205 Å². The summed E-state index contributed by atoms with van der Waals surface area (Å²) in [4.78, 5) is 32.5. The fourth-order valence-electron chi connectivity index (χ4n) is 17.0. The van der Waals surface area contributed by atoms with E-state index in [9.17, 15) is 19.8 Å². The first-order chi connectivity index (χ1) is 33.1. The van der Waals surface area contributed by atoms with Gasteiger partial charge in [-0.25, -0.2) is 5.06 Å². The third kappa shape index (κ3) is 14.0. The molecule has 11 rings (SSSR count). The molecule has 16 atom stereocenters. The van der Waals surface area contributed by atoms with Gasteiger partial charge in [-0.05, 0) is 276 Å². The van der Waals surface area contributed by atoms with Crippen LogP contribution in [0.4, 0.5) is 0 Å². The van der Waals surface area contributed by atoms with Gasteiger partial charge in [-0.1, -0.05) is 21.3 Å². The summed E-state index contributed by atoms with van der Waals surface area (Å²) in [6.45, 7) is 21.4. The second kappa shape index (κ2) is 26.4. The largest absolute Gasteiger partial charge is 1.00 e. The van der Waals surface area contributed by atoms with Gasteiger partial charge in [-0.15, -0.1) is 22.7 Å². The molecule has 9 fully saturated rings. The van der Waals surface area contributed by atoms with Gasteiger partial charge in [0, 0.05) is 32.1 Å². The third-order valence-electron chi connectivity index (χ3n) is 20.4. The van der Waals surface area contributed by atoms with E-state index in [1.54, 1.807) is 36.8 Å². The van der Waals surface area contributed by atoms with Crippen molar-refractivity contribution in [1.82, 2.24) is 5.06 Å². The van der Waals surface area contributed by atoms with E-state index in [1.165, 1.54) is 116 Å². The van der Waals surface area contributed by atoms with E-state index in [2.05, 4.69) is 87.3 Å². The van der Waals surface area contributed by atoms with Gasteiger partial charge in [-0.2, -0.15) is 20.8 Å². The van der Waals surface area contributed by atoms with Crippen molar-refractivity contribution in [3.8, 4) is 0 Å². The molecule has 404 valence electrons. The molecule has 72 heavy (non-hydrogen) atoms. The predicted octanol–water partition coefficient (Wildman–Crippen LogP) is 13.2. The summed E-state index contributed by atoms with van der Waals surface area (Å²) >= 11 is 6.75. The number of aryl methyl sites for hydroxylation is 2. The van der Waals surface area contributed by atoms with Crippen molar-refractivity contribution in [2.45, 2.75) is 209 Å². The number of nitrogens with zero attached hydrogens (tertiary/aromatic N) is 1. The Kier molecular flexibility index (Phi) is 22.8. The van der Waals surface area contributed by atoms with Crippen LogP contribution in [0, 0.1) is 102 Å². The van der Waals surface area contributed by atoms with E-state index in [1.807, 2.05) is 13.8 Å². The van der Waals surface area contributed by atoms with Crippen LogP contribution >= 0.6 is 38.6 Å². The number of ether oxygens (including phenoxy) is 1. The van der Waals surface area contributed by atoms with Gasteiger partial charge in [0.15, 0.2) is 5.78 Å². The monoisotopic (exact) mass is 1090 g/mol. The first-order valence-electron chi connectivity index (χ1n) is 28.0. The van der Waals surface area contributed by atoms with Gasteiger partial charge in [0.1, 0.15) is 0 Å². The number of hydrogen-bond acceptors (Lipinski definition) is 8. The summed E-state index contributed by atoms with van der Waals surface area (Å²) in [6, 6.07) is 4.19. The van der Waals surface area contributed by atoms with Crippen LogP contribution < -0.4 is 18.9 Å². The van der Waals surface area contributed by atoms with Crippen molar-refractivity contribution in [3.05, 3.63) is 48.6 Å². The Morgan fingerprint density at radius 2 is 1.11 bits per heavy atom. The summed E-state index contributed by atoms with van der Waals surface area (Å²) in [6.07, 6.45) is 23.8. The minimum Gasteiger partial charge on any atom is -0.390 e. The maximum atomic E-state index is 13.4. The van der Waals surface area contributed by atoms with Gasteiger partial charge >= 0.3 is 18.9 Å². The van der Waals surface area contributed by atoms with E-state index in [4.69, 9.17) is 9.57 Å². The summed E-state index contributed by atoms with van der Waals surface area (Å²) in [5.74, 6) is 10.3. The fraction of sp³-hybridized carbons (Fsp3) is 0.820. The number of thiophene rings is 2. The molecule has 7 nitrogen and oxygen atoms in total. The zero-order valence-electron chi connectivity index (χ0n) is 46.5. The Labute approximate surface area is 467 Å². The van der Waals surface area contributed by atoms with E-state index >= 15 is 0 Å².